The molecule has 0 bridgehead atoms. The largest absolute Gasteiger partial charge is 0.454 e. The highest BCUT2D eigenvalue weighted by molar-refractivity contribution is 7.92. The quantitative estimate of drug-likeness (QED) is 0.552. The molecule has 0 aliphatic carbocycles. The minimum absolute atomic E-state index is 0.249. The number of hydrogen-bond acceptors (Lipinski definition) is 5. The van der Waals surface area contributed by atoms with E-state index in [0.29, 0.717) is 26.2 Å². The van der Waals surface area contributed by atoms with E-state index in [1.54, 1.807) is 0 Å². The highest BCUT2D eigenvalue weighted by Crippen LogP contribution is 2.35. The molecule has 6 nitrogen and oxygen atoms in total. The Kier molecular flexibility index (Phi) is 6.64. The van der Waals surface area contributed by atoms with Crippen LogP contribution >= 0.6 is 0 Å². The van der Waals surface area contributed by atoms with E-state index in [0.717, 1.165) is 42.9 Å². The molecule has 27 heavy (non-hydrogen) atoms. The van der Waals surface area contributed by atoms with Crippen LogP contribution in [0.1, 0.15) is 32.6 Å². The molecule has 1 saturated heterocycles. The maximum atomic E-state index is 12.4. The second-order valence-electron chi connectivity index (χ2n) is 6.55. The molecule has 1 aromatic rings. The molecule has 1 fully saturated rings. The van der Waals surface area contributed by atoms with Crippen LogP contribution in [-0.2, 0) is 10.0 Å². The Balaban J connectivity index is 1.52. The van der Waals surface area contributed by atoms with E-state index >= 15 is 0 Å². The third-order valence-electron chi connectivity index (χ3n) is 4.65. The predicted octanol–water partition coefficient (Wildman–Crippen LogP) is 2.96. The first-order valence-corrected chi connectivity index (χ1v) is 10.9. The first-order chi connectivity index (χ1) is 13.1. The molecule has 2 aliphatic heterocycles. The summed E-state index contributed by atoms with van der Waals surface area (Å²) >= 11 is 0. The normalized spacial score (nSPS) is 17.1. The van der Waals surface area contributed by atoms with Gasteiger partial charge in [-0.2, -0.15) is 4.31 Å². The lowest BCUT2D eigenvalue weighted by Crippen LogP contribution is -2.48. The van der Waals surface area contributed by atoms with Crippen LogP contribution in [-0.4, -0.2) is 45.7 Å². The van der Waals surface area contributed by atoms with Gasteiger partial charge in [0.05, 0.1) is 5.41 Å². The Morgan fingerprint density at radius 3 is 2.67 bits per heavy atom. The summed E-state index contributed by atoms with van der Waals surface area (Å²) < 4.78 is 37.1. The Bertz CT molecular complexity index is 831. The molecular formula is C20H26N2O4S. The van der Waals surface area contributed by atoms with E-state index < -0.39 is 10.0 Å². The lowest BCUT2D eigenvalue weighted by molar-refractivity contribution is 0.174. The van der Waals surface area contributed by atoms with E-state index in [1.807, 2.05) is 18.2 Å². The number of nitrogens with zero attached hydrogens (tertiary/aromatic N) is 2. The number of fused-ring (bicyclic) bond motifs is 1. The first kappa shape index (κ1) is 19.6. The van der Waals surface area contributed by atoms with Crippen molar-refractivity contribution >= 4 is 15.7 Å². The maximum Gasteiger partial charge on any atom is 0.236 e. The number of piperazine rings is 1. The number of rotatable bonds is 6. The summed E-state index contributed by atoms with van der Waals surface area (Å²) in [6.07, 6.45) is 5.64. The first-order valence-electron chi connectivity index (χ1n) is 9.40. The summed E-state index contributed by atoms with van der Waals surface area (Å²) in [5.41, 5.74) is 1.02. The Morgan fingerprint density at radius 1 is 1.11 bits per heavy atom. The Labute approximate surface area is 161 Å². The van der Waals surface area contributed by atoms with Crippen molar-refractivity contribution in [3.63, 3.8) is 0 Å². The van der Waals surface area contributed by atoms with Crippen molar-refractivity contribution in [3.8, 4) is 23.3 Å². The van der Waals surface area contributed by atoms with Crippen LogP contribution < -0.4 is 14.4 Å². The molecule has 0 spiro atoms. The van der Waals surface area contributed by atoms with Gasteiger partial charge in [0.1, 0.15) is 0 Å². The summed E-state index contributed by atoms with van der Waals surface area (Å²) in [5.74, 6) is 7.31. The lowest BCUT2D eigenvalue weighted by atomic mass is 10.2. The Morgan fingerprint density at radius 2 is 1.89 bits per heavy atom. The van der Waals surface area contributed by atoms with Crippen LogP contribution in [0, 0.1) is 11.8 Å². The van der Waals surface area contributed by atoms with Gasteiger partial charge >= 0.3 is 0 Å². The minimum atomic E-state index is -3.42. The standard InChI is InChI=1S/C20H26N2O4S/c1-2-3-4-5-6-7-8-15-27(23,24)22-13-11-21(12-14-22)18-9-10-19-20(16-18)26-17-25-19/h8-10,15-16H,2-5,11-14,17H2,1H3/b15-8+. The molecule has 1 aromatic carbocycles. The van der Waals surface area contributed by atoms with Gasteiger partial charge in [-0.3, -0.25) is 0 Å². The summed E-state index contributed by atoms with van der Waals surface area (Å²) in [7, 11) is -3.42. The van der Waals surface area contributed by atoms with E-state index in [4.69, 9.17) is 9.47 Å². The summed E-state index contributed by atoms with van der Waals surface area (Å²) in [4.78, 5) is 2.16. The van der Waals surface area contributed by atoms with E-state index in [2.05, 4.69) is 23.7 Å². The number of allylic oxidation sites excluding steroid dienone is 1. The SMILES string of the molecule is CCCCCC#C/C=C/S(=O)(=O)N1CCN(c2ccc3c(c2)OCO3)CC1. The molecule has 3 rings (SSSR count). The molecule has 0 unspecified atom stereocenters. The number of anilines is 1. The lowest BCUT2D eigenvalue weighted by Gasteiger charge is -2.34. The van der Waals surface area contributed by atoms with Gasteiger partial charge in [0, 0.05) is 50.4 Å². The van der Waals surface area contributed by atoms with Crippen LogP contribution in [0.5, 0.6) is 11.5 Å². The van der Waals surface area contributed by atoms with Crippen molar-refractivity contribution < 1.29 is 17.9 Å². The molecule has 7 heteroatoms. The van der Waals surface area contributed by atoms with Crippen molar-refractivity contribution in [3.05, 3.63) is 29.7 Å². The molecule has 0 amide bonds. The van der Waals surface area contributed by atoms with Gasteiger partial charge in [0.25, 0.3) is 0 Å². The Hall–Kier alpha value is -2.17. The van der Waals surface area contributed by atoms with Crippen molar-refractivity contribution in [1.29, 1.82) is 0 Å². The molecule has 2 aliphatic rings. The smallest absolute Gasteiger partial charge is 0.236 e. The van der Waals surface area contributed by atoms with Gasteiger partial charge in [-0.1, -0.05) is 31.6 Å². The van der Waals surface area contributed by atoms with Crippen LogP contribution in [0.4, 0.5) is 5.69 Å². The number of unbranched alkanes of at least 4 members (excludes halogenated alkanes) is 3. The van der Waals surface area contributed by atoms with Gasteiger partial charge in [0.15, 0.2) is 11.5 Å². The van der Waals surface area contributed by atoms with Crippen molar-refractivity contribution in [1.82, 2.24) is 4.31 Å². The zero-order valence-electron chi connectivity index (χ0n) is 15.7. The fourth-order valence-electron chi connectivity index (χ4n) is 3.08. The third-order valence-corrected chi connectivity index (χ3v) is 6.22. The molecule has 0 N–H and O–H groups in total. The number of benzene rings is 1. The van der Waals surface area contributed by atoms with Crippen LogP contribution in [0.15, 0.2) is 29.7 Å². The summed E-state index contributed by atoms with van der Waals surface area (Å²) in [6.45, 7) is 4.56. The number of ether oxygens (including phenoxy) is 2. The summed E-state index contributed by atoms with van der Waals surface area (Å²) in [6, 6.07) is 5.81. The van der Waals surface area contributed by atoms with Gasteiger partial charge in [-0.25, -0.2) is 8.42 Å². The molecule has 0 aromatic heterocycles. The summed E-state index contributed by atoms with van der Waals surface area (Å²) in [5, 5.41) is 1.22. The van der Waals surface area contributed by atoms with Gasteiger partial charge in [-0.15, -0.1) is 0 Å². The zero-order valence-corrected chi connectivity index (χ0v) is 16.5. The fourth-order valence-corrected chi connectivity index (χ4v) is 4.17. The van der Waals surface area contributed by atoms with Gasteiger partial charge < -0.3 is 14.4 Å². The van der Waals surface area contributed by atoms with Crippen LogP contribution in [0.25, 0.3) is 0 Å². The molecule has 2 heterocycles. The monoisotopic (exact) mass is 390 g/mol. The number of sulfonamides is 1. The average Bonchev–Trinajstić information content (AvgIpc) is 3.15. The molecule has 0 atom stereocenters. The van der Waals surface area contributed by atoms with Crippen LogP contribution in [0.2, 0.25) is 0 Å². The van der Waals surface area contributed by atoms with Crippen LogP contribution in [0.3, 0.4) is 0 Å². The van der Waals surface area contributed by atoms with E-state index in [1.165, 1.54) is 15.8 Å². The highest BCUT2D eigenvalue weighted by Gasteiger charge is 2.26. The average molecular weight is 391 g/mol. The maximum absolute atomic E-state index is 12.4. The van der Waals surface area contributed by atoms with E-state index in [-0.39, 0.29) is 6.79 Å². The van der Waals surface area contributed by atoms with Crippen molar-refractivity contribution in [2.45, 2.75) is 32.6 Å². The zero-order chi connectivity index (χ0) is 19.1. The second-order valence-corrected chi connectivity index (χ2v) is 8.37. The highest BCUT2D eigenvalue weighted by atomic mass is 32.2. The number of hydrogen-bond donors (Lipinski definition) is 0. The molecular weight excluding hydrogens is 364 g/mol. The van der Waals surface area contributed by atoms with E-state index in [9.17, 15) is 8.42 Å². The third kappa shape index (κ3) is 5.18. The topological polar surface area (TPSA) is 59.1 Å². The van der Waals surface area contributed by atoms with Crippen molar-refractivity contribution in [2.75, 3.05) is 37.9 Å². The van der Waals surface area contributed by atoms with Crippen molar-refractivity contribution in [2.24, 2.45) is 0 Å². The second kappa shape index (κ2) is 9.16. The minimum Gasteiger partial charge on any atom is -0.454 e. The van der Waals surface area contributed by atoms with Gasteiger partial charge in [0.2, 0.25) is 16.8 Å². The molecule has 0 radical (unpaired) electrons. The molecule has 0 saturated carbocycles. The predicted molar refractivity (Wildman–Crippen MR) is 106 cm³/mol. The van der Waals surface area contributed by atoms with Gasteiger partial charge in [-0.05, 0) is 18.6 Å². The fraction of sp³-hybridized carbons (Fsp3) is 0.500. The molecule has 146 valence electrons.